The van der Waals surface area contributed by atoms with Gasteiger partial charge in [-0.2, -0.15) is 13.2 Å². The molecular formula is C8H9F3OSi. The first-order chi connectivity index (χ1) is 6.05. The maximum absolute atomic E-state index is 12.3. The Hall–Kier alpha value is -0.973. The Morgan fingerprint density at radius 2 is 1.85 bits per heavy atom. The largest absolute Gasteiger partial charge is 0.549 e. The molecule has 72 valence electrons. The Bertz CT molecular complexity index is 285. The van der Waals surface area contributed by atoms with Crippen LogP contribution in [0.25, 0.3) is 0 Å². The van der Waals surface area contributed by atoms with Crippen molar-refractivity contribution in [2.24, 2.45) is 0 Å². The van der Waals surface area contributed by atoms with Crippen LogP contribution in [-0.4, -0.2) is 9.76 Å². The van der Waals surface area contributed by atoms with E-state index in [0.29, 0.717) is 0 Å². The van der Waals surface area contributed by atoms with Crippen LogP contribution in [-0.2, 0) is 6.18 Å². The molecule has 0 radical (unpaired) electrons. The smallest absolute Gasteiger partial charge is 0.419 e. The van der Waals surface area contributed by atoms with Crippen molar-refractivity contribution in [3.63, 3.8) is 0 Å². The molecule has 0 saturated carbocycles. The van der Waals surface area contributed by atoms with Gasteiger partial charge in [0, 0.05) is 0 Å². The summed E-state index contributed by atoms with van der Waals surface area (Å²) in [4.78, 5) is 0. The molecule has 0 heterocycles. The van der Waals surface area contributed by atoms with E-state index >= 15 is 0 Å². The molecule has 0 aliphatic heterocycles. The topological polar surface area (TPSA) is 9.23 Å². The van der Waals surface area contributed by atoms with Crippen LogP contribution in [0.15, 0.2) is 24.3 Å². The fourth-order valence-corrected chi connectivity index (χ4v) is 1.54. The molecule has 0 bridgehead atoms. The first kappa shape index (κ1) is 10.1. The second-order valence-electron chi connectivity index (χ2n) is 2.43. The van der Waals surface area contributed by atoms with Crippen LogP contribution in [0, 0.1) is 0 Å². The average Bonchev–Trinajstić information content (AvgIpc) is 2.04. The minimum Gasteiger partial charge on any atom is -0.549 e. The molecule has 1 nitrogen and oxygen atoms in total. The van der Waals surface area contributed by atoms with Crippen molar-refractivity contribution in [2.45, 2.75) is 12.7 Å². The third kappa shape index (κ3) is 2.48. The van der Waals surface area contributed by atoms with Crippen LogP contribution in [0.4, 0.5) is 13.2 Å². The maximum atomic E-state index is 12.3. The SMILES string of the molecule is C[SiH2]Oc1ccccc1C(F)(F)F. The highest BCUT2D eigenvalue weighted by molar-refractivity contribution is 6.26. The summed E-state index contributed by atoms with van der Waals surface area (Å²) in [7, 11) is -0.864. The van der Waals surface area contributed by atoms with Gasteiger partial charge in [-0.1, -0.05) is 12.1 Å². The summed E-state index contributed by atoms with van der Waals surface area (Å²) in [5.41, 5.74) is -0.690. The summed E-state index contributed by atoms with van der Waals surface area (Å²) in [5, 5.41) is 0. The molecule has 1 aromatic carbocycles. The number of rotatable bonds is 2. The summed E-state index contributed by atoms with van der Waals surface area (Å²) in [5.74, 6) is -0.0517. The lowest BCUT2D eigenvalue weighted by Gasteiger charge is -2.12. The van der Waals surface area contributed by atoms with Gasteiger partial charge in [0.1, 0.15) is 5.75 Å². The van der Waals surface area contributed by atoms with E-state index in [1.54, 1.807) is 6.55 Å². The molecule has 1 rings (SSSR count). The van der Waals surface area contributed by atoms with E-state index in [2.05, 4.69) is 0 Å². The van der Waals surface area contributed by atoms with E-state index in [4.69, 9.17) is 4.43 Å². The van der Waals surface area contributed by atoms with Crippen LogP contribution in [0.2, 0.25) is 6.55 Å². The van der Waals surface area contributed by atoms with Crippen LogP contribution >= 0.6 is 0 Å². The lowest BCUT2D eigenvalue weighted by Crippen LogP contribution is -2.09. The molecule has 1 aromatic rings. The van der Waals surface area contributed by atoms with E-state index in [1.807, 2.05) is 0 Å². The van der Waals surface area contributed by atoms with Gasteiger partial charge in [0.15, 0.2) is 0 Å². The first-order valence-electron chi connectivity index (χ1n) is 3.84. The van der Waals surface area contributed by atoms with Gasteiger partial charge >= 0.3 is 6.18 Å². The molecule has 0 aliphatic rings. The van der Waals surface area contributed by atoms with E-state index in [1.165, 1.54) is 18.2 Å². The van der Waals surface area contributed by atoms with Gasteiger partial charge in [0.05, 0.1) is 5.56 Å². The Kier molecular flexibility index (Phi) is 2.97. The minimum atomic E-state index is -4.32. The molecule has 0 aliphatic carbocycles. The second kappa shape index (κ2) is 3.82. The normalized spacial score (nSPS) is 12.3. The molecule has 0 unspecified atom stereocenters. The molecule has 0 N–H and O–H groups in total. The summed E-state index contributed by atoms with van der Waals surface area (Å²) < 4.78 is 41.9. The Balaban J connectivity index is 3.05. The van der Waals surface area contributed by atoms with Gasteiger partial charge in [-0.25, -0.2) is 0 Å². The van der Waals surface area contributed by atoms with Crippen molar-refractivity contribution in [3.8, 4) is 5.75 Å². The Morgan fingerprint density at radius 3 is 2.38 bits per heavy atom. The van der Waals surface area contributed by atoms with Crippen molar-refractivity contribution in [2.75, 3.05) is 0 Å². The number of halogens is 3. The van der Waals surface area contributed by atoms with Gasteiger partial charge in [0.2, 0.25) is 9.76 Å². The molecule has 0 aromatic heterocycles. The molecule has 5 heteroatoms. The predicted octanol–water partition coefficient (Wildman–Crippen LogP) is 2.22. The lowest BCUT2D eigenvalue weighted by molar-refractivity contribution is -0.138. The second-order valence-corrected chi connectivity index (χ2v) is 3.29. The van der Waals surface area contributed by atoms with Crippen molar-refractivity contribution in [1.29, 1.82) is 0 Å². The monoisotopic (exact) mass is 206 g/mol. The van der Waals surface area contributed by atoms with Gasteiger partial charge < -0.3 is 4.43 Å². The van der Waals surface area contributed by atoms with Crippen LogP contribution in [0.1, 0.15) is 5.56 Å². The summed E-state index contributed by atoms with van der Waals surface area (Å²) in [6.07, 6.45) is -4.32. The first-order valence-corrected chi connectivity index (χ1v) is 5.84. The Labute approximate surface area is 76.5 Å². The Morgan fingerprint density at radius 1 is 1.23 bits per heavy atom. The highest BCUT2D eigenvalue weighted by Gasteiger charge is 2.33. The fourth-order valence-electron chi connectivity index (χ4n) is 0.982. The number of hydrogen-bond donors (Lipinski definition) is 0. The molecule has 13 heavy (non-hydrogen) atoms. The van der Waals surface area contributed by atoms with Gasteiger partial charge in [0.25, 0.3) is 0 Å². The number of alkyl halides is 3. The zero-order valence-corrected chi connectivity index (χ0v) is 8.47. The van der Waals surface area contributed by atoms with E-state index in [9.17, 15) is 13.2 Å². The number of para-hydroxylation sites is 1. The third-order valence-electron chi connectivity index (χ3n) is 1.49. The van der Waals surface area contributed by atoms with E-state index in [0.717, 1.165) is 6.07 Å². The van der Waals surface area contributed by atoms with Crippen molar-refractivity contribution >= 4 is 9.76 Å². The molecule has 0 atom stereocenters. The molecular weight excluding hydrogens is 197 g/mol. The lowest BCUT2D eigenvalue weighted by atomic mass is 10.2. The van der Waals surface area contributed by atoms with Gasteiger partial charge in [-0.05, 0) is 18.7 Å². The summed E-state index contributed by atoms with van der Waals surface area (Å²) in [6, 6.07) is 5.26. The highest BCUT2D eigenvalue weighted by Crippen LogP contribution is 2.35. The van der Waals surface area contributed by atoms with Gasteiger partial charge in [-0.15, -0.1) is 0 Å². The van der Waals surface area contributed by atoms with E-state index in [-0.39, 0.29) is 5.75 Å². The van der Waals surface area contributed by atoms with Crippen LogP contribution in [0.5, 0.6) is 5.75 Å². The summed E-state index contributed by atoms with van der Waals surface area (Å²) >= 11 is 0. The molecule has 0 spiro atoms. The zero-order chi connectivity index (χ0) is 9.90. The average molecular weight is 206 g/mol. The highest BCUT2D eigenvalue weighted by atomic mass is 28.2. The molecule has 0 amide bonds. The standard InChI is InChI=1S/C8H9F3OSi/c1-13-12-7-5-3-2-4-6(7)8(9,10)11/h2-5H,13H2,1H3. The molecule has 0 fully saturated rings. The van der Waals surface area contributed by atoms with Gasteiger partial charge in [-0.3, -0.25) is 0 Å². The number of benzene rings is 1. The maximum Gasteiger partial charge on any atom is 0.419 e. The third-order valence-corrected chi connectivity index (χ3v) is 2.09. The predicted molar refractivity (Wildman–Crippen MR) is 46.5 cm³/mol. The summed E-state index contributed by atoms with van der Waals surface area (Å²) in [6.45, 7) is 1.78. The minimum absolute atomic E-state index is 0.0517. The van der Waals surface area contributed by atoms with Crippen LogP contribution in [0.3, 0.4) is 0 Å². The quantitative estimate of drug-likeness (QED) is 0.674. The van der Waals surface area contributed by atoms with Crippen molar-refractivity contribution in [3.05, 3.63) is 29.8 Å². The fraction of sp³-hybridized carbons (Fsp3) is 0.250. The van der Waals surface area contributed by atoms with Crippen LogP contribution < -0.4 is 4.43 Å². The van der Waals surface area contributed by atoms with Crippen molar-refractivity contribution in [1.82, 2.24) is 0 Å². The zero-order valence-electron chi connectivity index (χ0n) is 7.06. The van der Waals surface area contributed by atoms with Crippen molar-refractivity contribution < 1.29 is 17.6 Å². The van der Waals surface area contributed by atoms with E-state index < -0.39 is 21.5 Å². The number of hydrogen-bond acceptors (Lipinski definition) is 1. The molecule has 0 saturated heterocycles.